The Morgan fingerprint density at radius 3 is 2.15 bits per heavy atom. The van der Waals surface area contributed by atoms with Gasteiger partial charge in [0.15, 0.2) is 0 Å². The SMILES string of the molecule is [2H]C(C)(C)c1ccc2oc3c[c-]c(-c4cc(C([2H])([2H])C(C)(C)C)ccn4)cc3c2c1.[2H]C(C)(c1ccccc1)c1cc(-c2[c-]cccc2)ncc1[Si](C)(C)C.[Ir]. The molecule has 3 nitrogen and oxygen atoms in total. The standard InChI is InChI=1S/C25H26NO.C22H24NSi.Ir/c1-16(2)18-6-8-23-20(13-18)21-14-19(7-9-24(21)27-23)22-12-17(10-11-26-22)15-25(3,4)5;1-17(18-11-7-5-8-12-18)20-15-21(19-13-9-6-10-14-19)23-16-22(20)24(2,3)4;/h6,8-14,16H,15H2,1-5H3;5-13,15-17H,1-4H3;/q2*-1;/i15D2,16D;17D;. The number of furan rings is 1. The van der Waals surface area contributed by atoms with E-state index in [0.717, 1.165) is 55.4 Å². The van der Waals surface area contributed by atoms with Crippen molar-refractivity contribution >= 4 is 35.2 Å². The van der Waals surface area contributed by atoms with Crippen molar-refractivity contribution in [2.24, 2.45) is 5.41 Å². The third-order valence-corrected chi connectivity index (χ3v) is 10.9. The van der Waals surface area contributed by atoms with Gasteiger partial charge in [0.1, 0.15) is 5.58 Å². The normalized spacial score (nSPS) is 14.6. The molecule has 269 valence electrons. The summed E-state index contributed by atoms with van der Waals surface area (Å²) in [5.74, 6) is -1.51. The van der Waals surface area contributed by atoms with Gasteiger partial charge in [-0.05, 0) is 69.1 Å². The van der Waals surface area contributed by atoms with Gasteiger partial charge in [0.25, 0.3) is 0 Å². The van der Waals surface area contributed by atoms with Crippen molar-refractivity contribution in [1.29, 1.82) is 0 Å². The molecule has 7 rings (SSSR count). The molecular formula is C47H50IrN2OSi-2. The molecule has 0 aliphatic carbocycles. The summed E-state index contributed by atoms with van der Waals surface area (Å²) in [6, 6.07) is 39.7. The third kappa shape index (κ3) is 9.25. The molecule has 0 saturated carbocycles. The second-order valence-electron chi connectivity index (χ2n) is 15.4. The van der Waals surface area contributed by atoms with Gasteiger partial charge in [-0.15, -0.1) is 59.7 Å². The predicted molar refractivity (Wildman–Crippen MR) is 218 cm³/mol. The predicted octanol–water partition coefficient (Wildman–Crippen LogP) is 12.4. The minimum atomic E-state index is -1.64. The van der Waals surface area contributed by atoms with E-state index in [-0.39, 0.29) is 20.1 Å². The van der Waals surface area contributed by atoms with Crippen LogP contribution in [0.2, 0.25) is 19.6 Å². The number of benzene rings is 4. The number of hydrogen-bond acceptors (Lipinski definition) is 3. The first-order valence-corrected chi connectivity index (χ1v) is 21.1. The zero-order valence-corrected chi connectivity index (χ0v) is 35.0. The molecule has 3 aromatic heterocycles. The molecule has 0 fully saturated rings. The molecule has 52 heavy (non-hydrogen) atoms. The van der Waals surface area contributed by atoms with Crippen molar-refractivity contribution < 1.29 is 30.0 Å². The topological polar surface area (TPSA) is 38.9 Å². The molecule has 0 spiro atoms. The van der Waals surface area contributed by atoms with Crippen molar-refractivity contribution in [2.45, 2.75) is 79.3 Å². The fraction of sp³-hybridized carbons (Fsp3) is 0.277. The molecule has 1 radical (unpaired) electrons. The van der Waals surface area contributed by atoms with Gasteiger partial charge in [-0.2, -0.15) is 0 Å². The molecule has 0 aliphatic rings. The van der Waals surface area contributed by atoms with Gasteiger partial charge in [-0.25, -0.2) is 0 Å². The Labute approximate surface area is 330 Å². The quantitative estimate of drug-likeness (QED) is 0.118. The van der Waals surface area contributed by atoms with Crippen molar-refractivity contribution in [1.82, 2.24) is 9.97 Å². The van der Waals surface area contributed by atoms with Crippen molar-refractivity contribution in [3.63, 3.8) is 0 Å². The summed E-state index contributed by atoms with van der Waals surface area (Å²) in [4.78, 5) is 9.18. The number of hydrogen-bond donors (Lipinski definition) is 0. The summed E-state index contributed by atoms with van der Waals surface area (Å²) in [6.07, 6.45) is 2.15. The minimum absolute atomic E-state index is 0. The molecule has 5 heteroatoms. The zero-order chi connectivity index (χ0) is 40.0. The van der Waals surface area contributed by atoms with E-state index in [1.165, 1.54) is 5.19 Å². The fourth-order valence-electron chi connectivity index (χ4n) is 6.18. The second-order valence-corrected chi connectivity index (χ2v) is 20.4. The summed E-state index contributed by atoms with van der Waals surface area (Å²) >= 11 is 0. The largest absolute Gasteiger partial charge is 0.500 e. The van der Waals surface area contributed by atoms with E-state index < -0.39 is 31.6 Å². The average Bonchev–Trinajstić information content (AvgIpc) is 3.52. The maximum atomic E-state index is 9.17. The fourth-order valence-corrected chi connectivity index (χ4v) is 7.69. The summed E-state index contributed by atoms with van der Waals surface area (Å²) in [5, 5.41) is 3.14. The maximum absolute atomic E-state index is 9.17. The van der Waals surface area contributed by atoms with Crippen LogP contribution in [0.15, 0.2) is 120 Å². The van der Waals surface area contributed by atoms with E-state index in [2.05, 4.69) is 42.8 Å². The van der Waals surface area contributed by atoms with Crippen LogP contribution < -0.4 is 5.19 Å². The summed E-state index contributed by atoms with van der Waals surface area (Å²) in [6.45, 7) is 18.3. The Morgan fingerprint density at radius 2 is 1.48 bits per heavy atom. The Hall–Kier alpha value is -4.15. The molecular weight excluding hydrogens is 829 g/mol. The molecule has 0 saturated heterocycles. The third-order valence-electron chi connectivity index (χ3n) is 8.84. The van der Waals surface area contributed by atoms with E-state index in [1.54, 1.807) is 12.3 Å². The van der Waals surface area contributed by atoms with Gasteiger partial charge in [0.2, 0.25) is 0 Å². The monoisotopic (exact) mass is 883 g/mol. The molecule has 1 atom stereocenters. The summed E-state index contributed by atoms with van der Waals surface area (Å²) < 4.78 is 40.6. The second kappa shape index (κ2) is 16.2. The molecule has 0 aliphatic heterocycles. The van der Waals surface area contributed by atoms with Gasteiger partial charge in [-0.1, -0.05) is 121 Å². The van der Waals surface area contributed by atoms with Crippen LogP contribution in [0.5, 0.6) is 0 Å². The van der Waals surface area contributed by atoms with Crippen LogP contribution >= 0.6 is 0 Å². The number of rotatable bonds is 7. The van der Waals surface area contributed by atoms with Gasteiger partial charge in [0.05, 0.1) is 13.7 Å². The summed E-state index contributed by atoms with van der Waals surface area (Å²) in [5.41, 5.74) is 7.85. The number of fused-ring (bicyclic) bond motifs is 3. The first-order chi connectivity index (χ1) is 25.7. The van der Waals surface area contributed by atoms with E-state index >= 15 is 0 Å². The van der Waals surface area contributed by atoms with E-state index in [0.29, 0.717) is 11.3 Å². The first kappa shape index (κ1) is 33.7. The van der Waals surface area contributed by atoms with Crippen LogP contribution in [0.1, 0.15) is 81.1 Å². The number of aromatic nitrogens is 2. The number of nitrogens with zero attached hydrogens (tertiary/aromatic N) is 2. The van der Waals surface area contributed by atoms with Crippen LogP contribution in [0.3, 0.4) is 0 Å². The molecule has 1 unspecified atom stereocenters. The zero-order valence-electron chi connectivity index (χ0n) is 35.6. The molecule has 3 heterocycles. The smallest absolute Gasteiger partial charge is 0.120 e. The van der Waals surface area contributed by atoms with Crippen molar-refractivity contribution in [3.05, 3.63) is 150 Å². The molecule has 4 aromatic carbocycles. The van der Waals surface area contributed by atoms with Gasteiger partial charge in [-0.3, -0.25) is 0 Å². The van der Waals surface area contributed by atoms with Gasteiger partial charge < -0.3 is 14.4 Å². The van der Waals surface area contributed by atoms with E-state index in [9.17, 15) is 1.37 Å². The first-order valence-electron chi connectivity index (χ1n) is 19.6. The van der Waals surface area contributed by atoms with Crippen LogP contribution in [-0.2, 0) is 26.5 Å². The minimum Gasteiger partial charge on any atom is -0.500 e. The summed E-state index contributed by atoms with van der Waals surface area (Å²) in [7, 11) is -1.64. The number of pyridine rings is 2. The molecule has 7 aromatic rings. The molecule has 0 bridgehead atoms. The van der Waals surface area contributed by atoms with E-state index in [4.69, 9.17) is 13.5 Å². The van der Waals surface area contributed by atoms with Crippen molar-refractivity contribution in [3.8, 4) is 22.5 Å². The van der Waals surface area contributed by atoms with Crippen molar-refractivity contribution in [2.75, 3.05) is 0 Å². The van der Waals surface area contributed by atoms with Crippen LogP contribution in [0.25, 0.3) is 44.5 Å². The van der Waals surface area contributed by atoms with Gasteiger partial charge >= 0.3 is 0 Å². The van der Waals surface area contributed by atoms with Crippen LogP contribution in [-0.4, -0.2) is 18.0 Å². The Balaban J connectivity index is 0.000000214. The maximum Gasteiger partial charge on any atom is 0.120 e. The Bertz CT molecular complexity index is 2450. The van der Waals surface area contributed by atoms with Crippen LogP contribution in [0, 0.1) is 17.5 Å². The molecule has 0 N–H and O–H groups in total. The van der Waals surface area contributed by atoms with Crippen LogP contribution in [0.4, 0.5) is 0 Å². The Morgan fingerprint density at radius 1 is 0.769 bits per heavy atom. The Kier molecular flexibility index (Phi) is 10.5. The molecule has 0 amide bonds. The average molecular weight is 883 g/mol. The van der Waals surface area contributed by atoms with E-state index in [1.807, 2.05) is 139 Å². The van der Waals surface area contributed by atoms with Gasteiger partial charge in [0, 0.05) is 49.3 Å².